The van der Waals surface area contributed by atoms with Crippen LogP contribution >= 0.6 is 0 Å². The molecule has 1 aliphatic rings. The minimum Gasteiger partial charge on any atom is -0.207 e. The lowest BCUT2D eigenvalue weighted by atomic mass is 9.71. The first-order valence-corrected chi connectivity index (χ1v) is 5.14. The Morgan fingerprint density at radius 1 is 1.43 bits per heavy atom. The first-order chi connectivity index (χ1) is 6.72. The predicted octanol–water partition coefficient (Wildman–Crippen LogP) is 3.98. The summed E-state index contributed by atoms with van der Waals surface area (Å²) >= 11 is 0. The highest BCUT2D eigenvalue weighted by atomic mass is 19.1. The summed E-state index contributed by atoms with van der Waals surface area (Å²) in [4.78, 5) is 0. The predicted molar refractivity (Wildman–Crippen MR) is 57.6 cm³/mol. The van der Waals surface area contributed by atoms with Gasteiger partial charge in [0.1, 0.15) is 5.82 Å². The van der Waals surface area contributed by atoms with E-state index in [1.165, 1.54) is 6.42 Å². The SMILES string of the molecule is C=Cc1ccc(C2CCC2C)c(F)c1. The van der Waals surface area contributed by atoms with Gasteiger partial charge in [0.25, 0.3) is 0 Å². The van der Waals surface area contributed by atoms with E-state index in [-0.39, 0.29) is 5.82 Å². The van der Waals surface area contributed by atoms with Crippen LogP contribution in [0.25, 0.3) is 6.08 Å². The van der Waals surface area contributed by atoms with Crippen molar-refractivity contribution in [3.05, 3.63) is 41.7 Å². The fourth-order valence-corrected chi connectivity index (χ4v) is 2.10. The van der Waals surface area contributed by atoms with Gasteiger partial charge in [-0.2, -0.15) is 0 Å². The van der Waals surface area contributed by atoms with Crippen LogP contribution in [0, 0.1) is 11.7 Å². The molecule has 1 fully saturated rings. The summed E-state index contributed by atoms with van der Waals surface area (Å²) in [5, 5.41) is 0. The van der Waals surface area contributed by atoms with E-state index in [4.69, 9.17) is 0 Å². The van der Waals surface area contributed by atoms with Crippen LogP contribution in [0.3, 0.4) is 0 Å². The van der Waals surface area contributed by atoms with Crippen LogP contribution in [-0.2, 0) is 0 Å². The molecule has 0 heterocycles. The van der Waals surface area contributed by atoms with Crippen molar-refractivity contribution in [1.82, 2.24) is 0 Å². The third-order valence-corrected chi connectivity index (χ3v) is 3.28. The number of rotatable bonds is 2. The molecule has 1 aliphatic carbocycles. The maximum atomic E-state index is 13.6. The van der Waals surface area contributed by atoms with Crippen LogP contribution in [0.4, 0.5) is 4.39 Å². The van der Waals surface area contributed by atoms with Crippen LogP contribution in [0.1, 0.15) is 36.8 Å². The van der Waals surface area contributed by atoms with Gasteiger partial charge in [-0.3, -0.25) is 0 Å². The zero-order valence-electron chi connectivity index (χ0n) is 8.46. The molecule has 0 spiro atoms. The van der Waals surface area contributed by atoms with Gasteiger partial charge in [0, 0.05) is 0 Å². The molecule has 0 aliphatic heterocycles. The normalized spacial score (nSPS) is 25.6. The molecule has 0 radical (unpaired) electrons. The molecule has 1 saturated carbocycles. The molecule has 0 N–H and O–H groups in total. The molecule has 74 valence electrons. The Labute approximate surface area is 84.5 Å². The Morgan fingerprint density at radius 3 is 2.64 bits per heavy atom. The summed E-state index contributed by atoms with van der Waals surface area (Å²) in [5.41, 5.74) is 1.74. The Morgan fingerprint density at radius 2 is 2.21 bits per heavy atom. The van der Waals surface area contributed by atoms with E-state index in [0.29, 0.717) is 11.8 Å². The van der Waals surface area contributed by atoms with Crippen molar-refractivity contribution in [1.29, 1.82) is 0 Å². The number of halogens is 1. The first kappa shape index (κ1) is 9.45. The molecule has 2 unspecified atom stereocenters. The molecule has 14 heavy (non-hydrogen) atoms. The van der Waals surface area contributed by atoms with Gasteiger partial charge in [-0.05, 0) is 41.9 Å². The van der Waals surface area contributed by atoms with E-state index in [0.717, 1.165) is 17.5 Å². The Balaban J connectivity index is 2.30. The molecule has 0 aromatic heterocycles. The van der Waals surface area contributed by atoms with E-state index in [9.17, 15) is 4.39 Å². The first-order valence-electron chi connectivity index (χ1n) is 5.14. The van der Waals surface area contributed by atoms with Gasteiger partial charge < -0.3 is 0 Å². The third-order valence-electron chi connectivity index (χ3n) is 3.28. The fourth-order valence-electron chi connectivity index (χ4n) is 2.10. The molecule has 1 heteroatoms. The third kappa shape index (κ3) is 1.47. The molecule has 0 amide bonds. The summed E-state index contributed by atoms with van der Waals surface area (Å²) in [6.07, 6.45) is 4.04. The highest BCUT2D eigenvalue weighted by Crippen LogP contribution is 2.42. The van der Waals surface area contributed by atoms with Crippen LogP contribution in [0.5, 0.6) is 0 Å². The average molecular weight is 190 g/mol. The second kappa shape index (κ2) is 3.56. The summed E-state index contributed by atoms with van der Waals surface area (Å²) in [6.45, 7) is 5.82. The van der Waals surface area contributed by atoms with Gasteiger partial charge in [-0.1, -0.05) is 31.7 Å². The molecular weight excluding hydrogens is 175 g/mol. The van der Waals surface area contributed by atoms with Crippen molar-refractivity contribution in [3.8, 4) is 0 Å². The van der Waals surface area contributed by atoms with Gasteiger partial charge >= 0.3 is 0 Å². The lowest BCUT2D eigenvalue weighted by Crippen LogP contribution is -2.21. The van der Waals surface area contributed by atoms with Crippen LogP contribution in [0.15, 0.2) is 24.8 Å². The molecule has 2 rings (SSSR count). The van der Waals surface area contributed by atoms with Crippen molar-refractivity contribution >= 4 is 6.08 Å². The Bertz CT molecular complexity index is 354. The van der Waals surface area contributed by atoms with E-state index in [1.807, 2.05) is 12.1 Å². The molecule has 0 nitrogen and oxygen atoms in total. The van der Waals surface area contributed by atoms with Gasteiger partial charge in [-0.25, -0.2) is 4.39 Å². The van der Waals surface area contributed by atoms with Gasteiger partial charge in [0.05, 0.1) is 0 Å². The fraction of sp³-hybridized carbons (Fsp3) is 0.385. The van der Waals surface area contributed by atoms with Gasteiger partial charge in [0.2, 0.25) is 0 Å². The lowest BCUT2D eigenvalue weighted by molar-refractivity contribution is 0.273. The average Bonchev–Trinajstić information content (AvgIpc) is 2.18. The van der Waals surface area contributed by atoms with Crippen LogP contribution in [-0.4, -0.2) is 0 Å². The molecule has 1 aromatic rings. The zero-order valence-corrected chi connectivity index (χ0v) is 8.46. The van der Waals surface area contributed by atoms with Crippen molar-refractivity contribution in [2.24, 2.45) is 5.92 Å². The summed E-state index contributed by atoms with van der Waals surface area (Å²) in [7, 11) is 0. The second-order valence-corrected chi connectivity index (χ2v) is 4.15. The van der Waals surface area contributed by atoms with Crippen molar-refractivity contribution in [3.63, 3.8) is 0 Å². The standard InChI is InChI=1S/C13H15F/c1-3-10-5-7-12(13(14)8-10)11-6-4-9(11)2/h3,5,7-9,11H,1,4,6H2,2H3. The highest BCUT2D eigenvalue weighted by Gasteiger charge is 2.29. The van der Waals surface area contributed by atoms with Crippen LogP contribution < -0.4 is 0 Å². The highest BCUT2D eigenvalue weighted by molar-refractivity contribution is 5.48. The maximum Gasteiger partial charge on any atom is 0.127 e. The molecule has 2 atom stereocenters. The van der Waals surface area contributed by atoms with E-state index in [1.54, 1.807) is 12.1 Å². The summed E-state index contributed by atoms with van der Waals surface area (Å²) in [5.74, 6) is 1.01. The van der Waals surface area contributed by atoms with E-state index >= 15 is 0 Å². The molecule has 1 aromatic carbocycles. The second-order valence-electron chi connectivity index (χ2n) is 4.15. The lowest BCUT2D eigenvalue weighted by Gasteiger charge is -2.34. The van der Waals surface area contributed by atoms with Gasteiger partial charge in [-0.15, -0.1) is 0 Å². The smallest absolute Gasteiger partial charge is 0.127 e. The Kier molecular flexibility index (Phi) is 2.40. The molecule has 0 bridgehead atoms. The van der Waals surface area contributed by atoms with E-state index in [2.05, 4.69) is 13.5 Å². The summed E-state index contributed by atoms with van der Waals surface area (Å²) < 4.78 is 13.6. The van der Waals surface area contributed by atoms with Crippen LogP contribution in [0.2, 0.25) is 0 Å². The number of hydrogen-bond acceptors (Lipinski definition) is 0. The topological polar surface area (TPSA) is 0 Å². The minimum atomic E-state index is -0.0704. The van der Waals surface area contributed by atoms with Crippen molar-refractivity contribution in [2.75, 3.05) is 0 Å². The zero-order chi connectivity index (χ0) is 10.1. The Hall–Kier alpha value is -1.11. The molecular formula is C13H15F. The monoisotopic (exact) mass is 190 g/mol. The summed E-state index contributed by atoms with van der Waals surface area (Å²) in [6, 6.07) is 5.43. The molecule has 0 saturated heterocycles. The largest absolute Gasteiger partial charge is 0.207 e. The maximum absolute atomic E-state index is 13.6. The van der Waals surface area contributed by atoms with E-state index < -0.39 is 0 Å². The quantitative estimate of drug-likeness (QED) is 0.661. The van der Waals surface area contributed by atoms with Gasteiger partial charge in [0.15, 0.2) is 0 Å². The number of benzene rings is 1. The van der Waals surface area contributed by atoms with Crippen molar-refractivity contribution in [2.45, 2.75) is 25.7 Å². The van der Waals surface area contributed by atoms with Crippen molar-refractivity contribution < 1.29 is 4.39 Å². The number of hydrogen-bond donors (Lipinski definition) is 0. The minimum absolute atomic E-state index is 0.0704.